The van der Waals surface area contributed by atoms with Gasteiger partial charge >= 0.3 is 12.0 Å². The van der Waals surface area contributed by atoms with E-state index in [0.717, 1.165) is 21.8 Å². The van der Waals surface area contributed by atoms with Crippen molar-refractivity contribution in [2.24, 2.45) is 7.05 Å². The molecular formula is C26H31N5O6S. The highest BCUT2D eigenvalue weighted by atomic mass is 32.2. The number of carbonyl (C=O) groups is 2. The lowest BCUT2D eigenvalue weighted by molar-refractivity contribution is -0.245. The van der Waals surface area contributed by atoms with Crippen molar-refractivity contribution in [2.75, 3.05) is 24.2 Å². The van der Waals surface area contributed by atoms with Crippen LogP contribution in [0.15, 0.2) is 60.0 Å². The number of aromatic nitrogens is 3. The number of aryl methyl sites for hydroxylation is 1. The van der Waals surface area contributed by atoms with E-state index in [2.05, 4.69) is 20.8 Å². The highest BCUT2D eigenvalue weighted by Crippen LogP contribution is 2.39. The first kappa shape index (κ1) is 27.6. The van der Waals surface area contributed by atoms with Crippen LogP contribution in [0.3, 0.4) is 0 Å². The van der Waals surface area contributed by atoms with Gasteiger partial charge < -0.3 is 34.5 Å². The number of carbonyl (C=O) groups excluding carboxylic acids is 2. The second-order valence-electron chi connectivity index (χ2n) is 8.62. The van der Waals surface area contributed by atoms with Crippen LogP contribution in [0.1, 0.15) is 42.4 Å². The van der Waals surface area contributed by atoms with Gasteiger partial charge in [0.2, 0.25) is 0 Å². The summed E-state index contributed by atoms with van der Waals surface area (Å²) in [5, 5.41) is 23.5. The number of aliphatic hydroxyl groups excluding tert-OH is 1. The fraction of sp³-hybridized carbons (Fsp3) is 0.385. The molecule has 11 nitrogen and oxygen atoms in total. The molecule has 0 saturated carbocycles. The molecule has 202 valence electrons. The second-order valence-corrected chi connectivity index (χ2v) is 9.61. The second kappa shape index (κ2) is 13.4. The number of esters is 1. The van der Waals surface area contributed by atoms with Gasteiger partial charge in [0.25, 0.3) is 0 Å². The van der Waals surface area contributed by atoms with Crippen LogP contribution in [0.4, 0.5) is 10.5 Å². The Bertz CT molecular complexity index is 1220. The molecule has 2 amide bonds. The summed E-state index contributed by atoms with van der Waals surface area (Å²) in [4.78, 5) is 23.8. The molecule has 3 aromatic rings. The van der Waals surface area contributed by atoms with E-state index >= 15 is 0 Å². The minimum atomic E-state index is -0.680. The Balaban J connectivity index is 1.47. The Kier molecular flexibility index (Phi) is 9.71. The predicted molar refractivity (Wildman–Crippen MR) is 140 cm³/mol. The molecule has 0 aliphatic carbocycles. The number of nitrogens with one attached hydrogen (secondary N) is 2. The van der Waals surface area contributed by atoms with Gasteiger partial charge in [-0.15, -0.1) is 10.2 Å². The van der Waals surface area contributed by atoms with Crippen LogP contribution in [-0.2, 0) is 32.7 Å². The number of aliphatic hydroxyl groups is 1. The molecule has 12 heteroatoms. The van der Waals surface area contributed by atoms with E-state index in [1.807, 2.05) is 41.9 Å². The molecule has 38 heavy (non-hydrogen) atoms. The van der Waals surface area contributed by atoms with Gasteiger partial charge in [0.1, 0.15) is 12.9 Å². The van der Waals surface area contributed by atoms with Crippen LogP contribution < -0.4 is 10.6 Å². The molecule has 1 aliphatic rings. The number of hydrogen-bond acceptors (Lipinski definition) is 9. The molecule has 3 N–H and O–H groups in total. The maximum Gasteiger partial charge on any atom is 0.325 e. The number of urea groups is 1. The van der Waals surface area contributed by atoms with Crippen molar-refractivity contribution in [3.05, 3.63) is 71.5 Å². The van der Waals surface area contributed by atoms with Gasteiger partial charge in [-0.3, -0.25) is 4.79 Å². The molecule has 4 rings (SSSR count). The van der Waals surface area contributed by atoms with Crippen LogP contribution in [0.2, 0.25) is 0 Å². The minimum Gasteiger partial charge on any atom is -0.465 e. The lowest BCUT2D eigenvalue weighted by Crippen LogP contribution is -2.34. The Morgan fingerprint density at radius 3 is 2.71 bits per heavy atom. The van der Waals surface area contributed by atoms with Crippen molar-refractivity contribution >= 4 is 29.4 Å². The normalized spacial score (nSPS) is 19.1. The summed E-state index contributed by atoms with van der Waals surface area (Å²) >= 11 is 1.56. The molecule has 0 spiro atoms. The van der Waals surface area contributed by atoms with Gasteiger partial charge in [0.05, 0.1) is 25.4 Å². The van der Waals surface area contributed by atoms with E-state index in [0.29, 0.717) is 17.9 Å². The number of hydrogen-bond donors (Lipinski definition) is 3. The molecule has 0 bridgehead atoms. The predicted octanol–water partition coefficient (Wildman–Crippen LogP) is 3.33. The number of nitrogens with zero attached hydrogens (tertiary/aromatic N) is 3. The number of anilines is 1. The average Bonchev–Trinajstić information content (AvgIpc) is 3.35. The first-order chi connectivity index (χ1) is 18.4. The Morgan fingerprint density at radius 1 is 1.18 bits per heavy atom. The lowest BCUT2D eigenvalue weighted by atomic mass is 10.0. The zero-order chi connectivity index (χ0) is 26.9. The minimum absolute atomic E-state index is 0.0261. The van der Waals surface area contributed by atoms with Crippen molar-refractivity contribution in [3.63, 3.8) is 0 Å². The molecule has 1 saturated heterocycles. The van der Waals surface area contributed by atoms with Crippen molar-refractivity contribution in [3.8, 4) is 0 Å². The average molecular weight is 542 g/mol. The third-order valence-corrected chi connectivity index (χ3v) is 6.96. The molecular weight excluding hydrogens is 510 g/mol. The topological polar surface area (TPSA) is 137 Å². The lowest BCUT2D eigenvalue weighted by Gasteiger charge is -2.36. The van der Waals surface area contributed by atoms with Crippen molar-refractivity contribution in [2.45, 2.75) is 43.6 Å². The Hall–Kier alpha value is -3.45. The molecule has 2 heterocycles. The highest BCUT2D eigenvalue weighted by Gasteiger charge is 2.32. The summed E-state index contributed by atoms with van der Waals surface area (Å²) in [6.07, 6.45) is 1.22. The smallest absolute Gasteiger partial charge is 0.325 e. The van der Waals surface area contributed by atoms with Crippen LogP contribution in [-0.4, -0.2) is 56.9 Å². The summed E-state index contributed by atoms with van der Waals surface area (Å²) in [6.45, 7) is 1.69. The van der Waals surface area contributed by atoms with E-state index in [1.165, 1.54) is 0 Å². The number of amides is 2. The molecule has 0 radical (unpaired) electrons. The molecule has 3 atom stereocenters. The van der Waals surface area contributed by atoms with Gasteiger partial charge in [0, 0.05) is 30.5 Å². The van der Waals surface area contributed by atoms with Gasteiger partial charge in [-0.1, -0.05) is 48.2 Å². The third kappa shape index (κ3) is 7.54. The fourth-order valence-electron chi connectivity index (χ4n) is 3.90. The third-order valence-electron chi connectivity index (χ3n) is 5.80. The first-order valence-corrected chi connectivity index (χ1v) is 13.2. The van der Waals surface area contributed by atoms with Gasteiger partial charge in [-0.2, -0.15) is 0 Å². The van der Waals surface area contributed by atoms with Crippen molar-refractivity contribution in [1.82, 2.24) is 20.1 Å². The van der Waals surface area contributed by atoms with Crippen molar-refractivity contribution < 1.29 is 28.9 Å². The summed E-state index contributed by atoms with van der Waals surface area (Å²) in [7, 11) is 1.89. The largest absolute Gasteiger partial charge is 0.465 e. The van der Waals surface area contributed by atoms with Crippen molar-refractivity contribution in [1.29, 1.82) is 0 Å². The quantitative estimate of drug-likeness (QED) is 0.261. The number of thioether (sulfide) groups is 1. The van der Waals surface area contributed by atoms with E-state index in [-0.39, 0.29) is 32.0 Å². The maximum atomic E-state index is 12.2. The molecule has 1 fully saturated rings. The Labute approximate surface area is 224 Å². The monoisotopic (exact) mass is 541 g/mol. The first-order valence-electron chi connectivity index (χ1n) is 12.2. The Morgan fingerprint density at radius 2 is 2.00 bits per heavy atom. The zero-order valence-corrected chi connectivity index (χ0v) is 22.0. The summed E-state index contributed by atoms with van der Waals surface area (Å²) in [5.74, 6) is 0.134. The van der Waals surface area contributed by atoms with Gasteiger partial charge in [-0.25, -0.2) is 4.79 Å². The van der Waals surface area contributed by atoms with Crippen LogP contribution in [0.5, 0.6) is 0 Å². The fourth-order valence-corrected chi connectivity index (χ4v) is 4.80. The zero-order valence-electron chi connectivity index (χ0n) is 21.2. The molecule has 1 aromatic heterocycles. The van der Waals surface area contributed by atoms with E-state index in [9.17, 15) is 14.7 Å². The summed E-state index contributed by atoms with van der Waals surface area (Å²) in [5.41, 5.74) is 3.07. The maximum absolute atomic E-state index is 12.2. The molecule has 1 aliphatic heterocycles. The van der Waals surface area contributed by atoms with E-state index in [4.69, 9.17) is 14.2 Å². The number of ether oxygens (including phenoxy) is 3. The highest BCUT2D eigenvalue weighted by molar-refractivity contribution is 7.99. The SMILES string of the molecule is CCOC(=O)CNC(=O)Nc1cccc([C@@H]2O[C@H](CSc3nncn3C)C[C@H](c3ccc(CO)cc3)O2)c1. The van der Waals surface area contributed by atoms with E-state index in [1.54, 1.807) is 43.2 Å². The van der Waals surface area contributed by atoms with Crippen LogP contribution in [0, 0.1) is 0 Å². The molecule has 0 unspecified atom stereocenters. The summed E-state index contributed by atoms with van der Waals surface area (Å²) in [6, 6.07) is 14.3. The number of rotatable bonds is 10. The van der Waals surface area contributed by atoms with E-state index < -0.39 is 18.3 Å². The van der Waals surface area contributed by atoms with Crippen LogP contribution in [0.25, 0.3) is 0 Å². The number of benzene rings is 2. The van der Waals surface area contributed by atoms with Gasteiger partial charge in [-0.05, 0) is 30.2 Å². The van der Waals surface area contributed by atoms with Gasteiger partial charge in [0.15, 0.2) is 11.4 Å². The standard InChI is InChI=1S/C26H31N5O6S/c1-3-35-23(33)13-27-25(34)29-20-6-4-5-19(11-20)24-36-21(15-38-26-30-28-16-31(26)2)12-22(37-24)18-9-7-17(14-32)8-10-18/h4-11,16,21-22,24,32H,3,12-15H2,1-2H3,(H2,27,29,34)/t21-,22+,24+/m0/s1. The molecule has 2 aromatic carbocycles. The van der Waals surface area contributed by atoms with Crippen LogP contribution >= 0.6 is 11.8 Å². The summed E-state index contributed by atoms with van der Waals surface area (Å²) < 4.78 is 19.4.